The van der Waals surface area contributed by atoms with Gasteiger partial charge in [0.05, 0.1) is 19.8 Å². The number of benzene rings is 1. The van der Waals surface area contributed by atoms with Crippen LogP contribution < -0.4 is 4.74 Å². The second-order valence-electron chi connectivity index (χ2n) is 4.34. The van der Waals surface area contributed by atoms with Crippen molar-refractivity contribution in [3.8, 4) is 11.8 Å². The molecule has 1 aromatic rings. The Bertz CT molecular complexity index is 384. The molecule has 0 atom stereocenters. The van der Waals surface area contributed by atoms with E-state index >= 15 is 0 Å². The largest absolute Gasteiger partial charge is 0.497 e. The molecule has 0 saturated heterocycles. The molecule has 0 N–H and O–H groups in total. The summed E-state index contributed by atoms with van der Waals surface area (Å²) in [4.78, 5) is 2.26. The molecule has 0 unspecified atom stereocenters. The fourth-order valence-electron chi connectivity index (χ4n) is 1.84. The molecule has 0 radical (unpaired) electrons. The lowest BCUT2D eigenvalue weighted by molar-refractivity contribution is 0.149. The third kappa shape index (κ3) is 6.23. The third-order valence-electron chi connectivity index (χ3n) is 3.03. The molecule has 0 aliphatic heterocycles. The zero-order valence-corrected chi connectivity index (χ0v) is 11.8. The fraction of sp³-hybridized carbons (Fsp3) is 0.533. The quantitative estimate of drug-likeness (QED) is 0.683. The van der Waals surface area contributed by atoms with Crippen molar-refractivity contribution in [3.63, 3.8) is 0 Å². The summed E-state index contributed by atoms with van der Waals surface area (Å²) in [6, 6.07) is 10.3. The molecule has 0 aromatic heterocycles. The highest BCUT2D eigenvalue weighted by atomic mass is 16.5. The topological polar surface area (TPSA) is 45.5 Å². The second kappa shape index (κ2) is 9.37. The molecule has 4 heteroatoms. The van der Waals surface area contributed by atoms with Crippen molar-refractivity contribution < 1.29 is 9.47 Å². The second-order valence-corrected chi connectivity index (χ2v) is 4.34. The minimum atomic E-state index is 0.562. The van der Waals surface area contributed by atoms with Gasteiger partial charge >= 0.3 is 0 Å². The van der Waals surface area contributed by atoms with Crippen molar-refractivity contribution >= 4 is 0 Å². The Morgan fingerprint density at radius 2 is 1.84 bits per heavy atom. The van der Waals surface area contributed by atoms with E-state index in [1.807, 2.05) is 12.1 Å². The fourth-order valence-corrected chi connectivity index (χ4v) is 1.84. The zero-order valence-electron chi connectivity index (χ0n) is 11.8. The molecule has 0 heterocycles. The van der Waals surface area contributed by atoms with Crippen LogP contribution in [0.4, 0.5) is 0 Å². The van der Waals surface area contributed by atoms with Gasteiger partial charge in [0.25, 0.3) is 0 Å². The summed E-state index contributed by atoms with van der Waals surface area (Å²) >= 11 is 0. The highest BCUT2D eigenvalue weighted by Crippen LogP contribution is 2.12. The van der Waals surface area contributed by atoms with E-state index in [2.05, 4.69) is 23.1 Å². The molecule has 4 nitrogen and oxygen atoms in total. The zero-order chi connectivity index (χ0) is 13.9. The molecular formula is C15H22N2O2. The highest BCUT2D eigenvalue weighted by Gasteiger charge is 2.05. The van der Waals surface area contributed by atoms with Crippen LogP contribution in [0.5, 0.6) is 5.75 Å². The van der Waals surface area contributed by atoms with Gasteiger partial charge in [-0.3, -0.25) is 4.90 Å². The van der Waals surface area contributed by atoms with Crippen LogP contribution in [0.2, 0.25) is 0 Å². The van der Waals surface area contributed by atoms with Crippen molar-refractivity contribution in [1.29, 1.82) is 5.26 Å². The van der Waals surface area contributed by atoms with Crippen LogP contribution >= 0.6 is 0 Å². The summed E-state index contributed by atoms with van der Waals surface area (Å²) in [6.07, 6.45) is 1.53. The maximum atomic E-state index is 8.66. The van der Waals surface area contributed by atoms with E-state index in [1.165, 1.54) is 5.56 Å². The van der Waals surface area contributed by atoms with Crippen LogP contribution in [0.3, 0.4) is 0 Å². The molecule has 0 aliphatic carbocycles. The van der Waals surface area contributed by atoms with Crippen molar-refractivity contribution in [2.24, 2.45) is 0 Å². The summed E-state index contributed by atoms with van der Waals surface area (Å²) in [5.41, 5.74) is 1.28. The number of nitriles is 1. The summed E-state index contributed by atoms with van der Waals surface area (Å²) in [5, 5.41) is 8.66. The Balaban J connectivity index is 2.42. The van der Waals surface area contributed by atoms with Crippen LogP contribution in [-0.4, -0.2) is 45.4 Å². The minimum absolute atomic E-state index is 0.562. The molecule has 0 spiro atoms. The first kappa shape index (κ1) is 15.5. The van der Waals surface area contributed by atoms with Crippen LogP contribution in [-0.2, 0) is 11.2 Å². The van der Waals surface area contributed by atoms with E-state index in [-0.39, 0.29) is 0 Å². The molecule has 0 bridgehead atoms. The number of methoxy groups -OCH3 is 2. The van der Waals surface area contributed by atoms with E-state index < -0.39 is 0 Å². The van der Waals surface area contributed by atoms with Crippen LogP contribution in [0.25, 0.3) is 0 Å². The van der Waals surface area contributed by atoms with Gasteiger partial charge in [-0.1, -0.05) is 12.1 Å². The van der Waals surface area contributed by atoms with Crippen molar-refractivity contribution in [2.75, 3.05) is 40.5 Å². The highest BCUT2D eigenvalue weighted by molar-refractivity contribution is 5.27. The lowest BCUT2D eigenvalue weighted by atomic mass is 10.1. The van der Waals surface area contributed by atoms with Crippen molar-refractivity contribution in [3.05, 3.63) is 29.8 Å². The maximum absolute atomic E-state index is 8.66. The van der Waals surface area contributed by atoms with Crippen LogP contribution in [0.1, 0.15) is 12.0 Å². The Morgan fingerprint density at radius 1 is 1.11 bits per heavy atom. The minimum Gasteiger partial charge on any atom is -0.497 e. The average molecular weight is 262 g/mol. The number of hydrogen-bond acceptors (Lipinski definition) is 4. The summed E-state index contributed by atoms with van der Waals surface area (Å²) in [7, 11) is 3.37. The number of rotatable bonds is 9. The molecule has 0 fully saturated rings. The predicted octanol–water partition coefficient (Wildman–Crippen LogP) is 2.10. The molecule has 0 saturated carbocycles. The number of ether oxygens (including phenoxy) is 2. The van der Waals surface area contributed by atoms with Gasteiger partial charge in [0.2, 0.25) is 0 Å². The van der Waals surface area contributed by atoms with E-state index in [0.717, 1.165) is 31.8 Å². The van der Waals surface area contributed by atoms with E-state index in [1.54, 1.807) is 14.2 Å². The Kier molecular flexibility index (Phi) is 7.64. The molecule has 19 heavy (non-hydrogen) atoms. The average Bonchev–Trinajstić information content (AvgIpc) is 2.47. The lowest BCUT2D eigenvalue weighted by Crippen LogP contribution is -2.30. The summed E-state index contributed by atoms with van der Waals surface area (Å²) in [6.45, 7) is 3.32. The van der Waals surface area contributed by atoms with Crippen LogP contribution in [0.15, 0.2) is 24.3 Å². The first-order valence-electron chi connectivity index (χ1n) is 6.51. The third-order valence-corrected chi connectivity index (χ3v) is 3.03. The first-order valence-corrected chi connectivity index (χ1v) is 6.51. The molecule has 0 amide bonds. The van der Waals surface area contributed by atoms with E-state index in [4.69, 9.17) is 14.7 Å². The molecule has 1 aromatic carbocycles. The van der Waals surface area contributed by atoms with Gasteiger partial charge in [-0.05, 0) is 24.1 Å². The molecular weight excluding hydrogens is 240 g/mol. The normalized spacial score (nSPS) is 10.4. The number of hydrogen-bond donors (Lipinski definition) is 0. The maximum Gasteiger partial charge on any atom is 0.118 e. The van der Waals surface area contributed by atoms with Gasteiger partial charge in [0, 0.05) is 33.2 Å². The standard InChI is InChI=1S/C15H22N2O2/c1-18-13-12-17(10-3-9-16)11-8-14-4-6-15(19-2)7-5-14/h4-7H,3,8,10-13H2,1-2H3. The Labute approximate surface area is 115 Å². The molecule has 104 valence electrons. The van der Waals surface area contributed by atoms with Gasteiger partial charge in [-0.2, -0.15) is 5.26 Å². The number of nitrogens with zero attached hydrogens (tertiary/aromatic N) is 2. The Morgan fingerprint density at radius 3 is 2.42 bits per heavy atom. The summed E-state index contributed by atoms with van der Waals surface area (Å²) < 4.78 is 10.2. The van der Waals surface area contributed by atoms with Gasteiger partial charge in [0.15, 0.2) is 0 Å². The lowest BCUT2D eigenvalue weighted by Gasteiger charge is -2.20. The molecule has 1 rings (SSSR count). The summed E-state index contributed by atoms with van der Waals surface area (Å²) in [5.74, 6) is 0.879. The van der Waals surface area contributed by atoms with Crippen molar-refractivity contribution in [2.45, 2.75) is 12.8 Å². The van der Waals surface area contributed by atoms with E-state index in [9.17, 15) is 0 Å². The van der Waals surface area contributed by atoms with Gasteiger partial charge in [-0.15, -0.1) is 0 Å². The monoisotopic (exact) mass is 262 g/mol. The van der Waals surface area contributed by atoms with Gasteiger partial charge < -0.3 is 9.47 Å². The van der Waals surface area contributed by atoms with Gasteiger partial charge in [-0.25, -0.2) is 0 Å². The first-order chi connectivity index (χ1) is 9.30. The smallest absolute Gasteiger partial charge is 0.118 e. The van der Waals surface area contributed by atoms with Crippen LogP contribution in [0, 0.1) is 11.3 Å². The van der Waals surface area contributed by atoms with Crippen molar-refractivity contribution in [1.82, 2.24) is 4.90 Å². The predicted molar refractivity (Wildman–Crippen MR) is 75.2 cm³/mol. The SMILES string of the molecule is COCCN(CCC#N)CCc1ccc(OC)cc1. The van der Waals surface area contributed by atoms with Gasteiger partial charge in [0.1, 0.15) is 5.75 Å². The van der Waals surface area contributed by atoms with E-state index in [0.29, 0.717) is 13.0 Å². The molecule has 0 aliphatic rings. The Hall–Kier alpha value is -1.57.